The molecule has 0 aliphatic heterocycles. The van der Waals surface area contributed by atoms with Crippen molar-refractivity contribution >= 4 is 5.91 Å². The number of carbonyl (C=O) groups is 1. The van der Waals surface area contributed by atoms with Gasteiger partial charge in [-0.2, -0.15) is 5.10 Å². The molecule has 0 aliphatic rings. The molecule has 1 heterocycles. The molecule has 0 radical (unpaired) electrons. The number of hydrogen-bond acceptors (Lipinski definition) is 2. The molecule has 0 spiro atoms. The summed E-state index contributed by atoms with van der Waals surface area (Å²) >= 11 is 0. The molecular formula is C15H19N3O. The maximum Gasteiger partial charge on any atom is 0.251 e. The standard InChI is InChI=1S/C15H19N3O/c1-4-18-10-13(12(3)17-18)9-16-15(19)14-8-6-5-7-11(14)2/h5-8,10H,4,9H2,1-3H3,(H,16,19). The van der Waals surface area contributed by atoms with Gasteiger partial charge in [-0.25, -0.2) is 0 Å². The minimum absolute atomic E-state index is 0.0400. The summed E-state index contributed by atoms with van der Waals surface area (Å²) in [6, 6.07) is 7.59. The fraction of sp³-hybridized carbons (Fsp3) is 0.333. The minimum atomic E-state index is -0.0400. The highest BCUT2D eigenvalue weighted by Crippen LogP contribution is 2.09. The molecule has 2 rings (SSSR count). The first-order valence-electron chi connectivity index (χ1n) is 6.48. The summed E-state index contributed by atoms with van der Waals surface area (Å²) in [5, 5.41) is 7.30. The molecule has 1 aromatic carbocycles. The topological polar surface area (TPSA) is 46.9 Å². The predicted molar refractivity (Wildman–Crippen MR) is 75.0 cm³/mol. The quantitative estimate of drug-likeness (QED) is 0.914. The molecule has 1 aromatic heterocycles. The largest absolute Gasteiger partial charge is 0.348 e. The van der Waals surface area contributed by atoms with E-state index in [1.807, 2.05) is 55.9 Å². The van der Waals surface area contributed by atoms with Crippen LogP contribution in [0, 0.1) is 13.8 Å². The Bertz CT molecular complexity index is 587. The van der Waals surface area contributed by atoms with Crippen LogP contribution in [0.5, 0.6) is 0 Å². The molecule has 2 aromatic rings. The van der Waals surface area contributed by atoms with Crippen LogP contribution in [0.1, 0.15) is 34.1 Å². The van der Waals surface area contributed by atoms with Crippen LogP contribution >= 0.6 is 0 Å². The smallest absolute Gasteiger partial charge is 0.251 e. The first-order chi connectivity index (χ1) is 9.11. The molecule has 4 nitrogen and oxygen atoms in total. The summed E-state index contributed by atoms with van der Waals surface area (Å²) in [6.07, 6.45) is 1.98. The molecular weight excluding hydrogens is 238 g/mol. The zero-order chi connectivity index (χ0) is 13.8. The van der Waals surface area contributed by atoms with E-state index >= 15 is 0 Å². The van der Waals surface area contributed by atoms with Crippen LogP contribution in [-0.2, 0) is 13.1 Å². The third-order valence-electron chi connectivity index (χ3n) is 3.20. The maximum absolute atomic E-state index is 12.1. The Morgan fingerprint density at radius 1 is 1.32 bits per heavy atom. The number of rotatable bonds is 4. The van der Waals surface area contributed by atoms with Gasteiger partial charge in [-0.1, -0.05) is 18.2 Å². The zero-order valence-corrected chi connectivity index (χ0v) is 11.6. The van der Waals surface area contributed by atoms with Crippen LogP contribution in [0.3, 0.4) is 0 Å². The fourth-order valence-electron chi connectivity index (χ4n) is 1.99. The SMILES string of the molecule is CCn1cc(CNC(=O)c2ccccc2C)c(C)n1. The Kier molecular flexibility index (Phi) is 4.00. The lowest BCUT2D eigenvalue weighted by Gasteiger charge is -2.06. The van der Waals surface area contributed by atoms with Crippen molar-refractivity contribution in [2.24, 2.45) is 0 Å². The molecule has 0 bridgehead atoms. The lowest BCUT2D eigenvalue weighted by atomic mass is 10.1. The zero-order valence-electron chi connectivity index (χ0n) is 11.6. The monoisotopic (exact) mass is 257 g/mol. The van der Waals surface area contributed by atoms with Gasteiger partial charge in [0.2, 0.25) is 0 Å². The van der Waals surface area contributed by atoms with Crippen molar-refractivity contribution in [3.63, 3.8) is 0 Å². The summed E-state index contributed by atoms with van der Waals surface area (Å²) in [4.78, 5) is 12.1. The van der Waals surface area contributed by atoms with Crippen molar-refractivity contribution < 1.29 is 4.79 Å². The molecule has 0 saturated carbocycles. The average molecular weight is 257 g/mol. The van der Waals surface area contributed by atoms with Crippen molar-refractivity contribution in [3.05, 3.63) is 52.8 Å². The molecule has 0 saturated heterocycles. The van der Waals surface area contributed by atoms with E-state index in [-0.39, 0.29) is 5.91 Å². The predicted octanol–water partition coefficient (Wildman–Crippen LogP) is 2.45. The summed E-state index contributed by atoms with van der Waals surface area (Å²) in [5.41, 5.74) is 3.74. The van der Waals surface area contributed by atoms with E-state index in [0.29, 0.717) is 6.54 Å². The van der Waals surface area contributed by atoms with Crippen LogP contribution in [0.15, 0.2) is 30.5 Å². The Labute approximate surface area is 113 Å². The number of carbonyl (C=O) groups excluding carboxylic acids is 1. The summed E-state index contributed by atoms with van der Waals surface area (Å²) in [6.45, 7) is 7.30. The average Bonchev–Trinajstić information content (AvgIpc) is 2.77. The Morgan fingerprint density at radius 3 is 2.68 bits per heavy atom. The van der Waals surface area contributed by atoms with Gasteiger partial charge in [0.05, 0.1) is 5.69 Å². The van der Waals surface area contributed by atoms with Gasteiger partial charge < -0.3 is 5.32 Å². The number of aryl methyl sites for hydroxylation is 3. The van der Waals surface area contributed by atoms with Gasteiger partial charge >= 0.3 is 0 Å². The van der Waals surface area contributed by atoms with Gasteiger partial charge in [0.15, 0.2) is 0 Å². The summed E-state index contributed by atoms with van der Waals surface area (Å²) < 4.78 is 1.88. The molecule has 0 unspecified atom stereocenters. The molecule has 0 atom stereocenters. The highest BCUT2D eigenvalue weighted by atomic mass is 16.1. The van der Waals surface area contributed by atoms with E-state index < -0.39 is 0 Å². The Hall–Kier alpha value is -2.10. The highest BCUT2D eigenvalue weighted by molar-refractivity contribution is 5.95. The van der Waals surface area contributed by atoms with Crippen LogP contribution in [0.4, 0.5) is 0 Å². The number of nitrogens with zero attached hydrogens (tertiary/aromatic N) is 2. The van der Waals surface area contributed by atoms with Gasteiger partial charge in [-0.15, -0.1) is 0 Å². The van der Waals surface area contributed by atoms with E-state index in [1.165, 1.54) is 0 Å². The van der Waals surface area contributed by atoms with Crippen molar-refractivity contribution in [1.82, 2.24) is 15.1 Å². The number of hydrogen-bond donors (Lipinski definition) is 1. The maximum atomic E-state index is 12.1. The normalized spacial score (nSPS) is 10.5. The molecule has 1 amide bonds. The van der Waals surface area contributed by atoms with E-state index in [1.54, 1.807) is 0 Å². The molecule has 0 fully saturated rings. The highest BCUT2D eigenvalue weighted by Gasteiger charge is 2.09. The second-order valence-electron chi connectivity index (χ2n) is 4.59. The number of benzene rings is 1. The van der Waals surface area contributed by atoms with Crippen LogP contribution < -0.4 is 5.32 Å². The number of nitrogens with one attached hydrogen (secondary N) is 1. The Morgan fingerprint density at radius 2 is 2.05 bits per heavy atom. The first kappa shape index (κ1) is 13.3. The van der Waals surface area contributed by atoms with Gasteiger partial charge in [-0.05, 0) is 32.4 Å². The lowest BCUT2D eigenvalue weighted by Crippen LogP contribution is -2.23. The lowest BCUT2D eigenvalue weighted by molar-refractivity contribution is 0.0950. The van der Waals surface area contributed by atoms with Crippen molar-refractivity contribution in [1.29, 1.82) is 0 Å². The summed E-state index contributed by atoms with van der Waals surface area (Å²) in [7, 11) is 0. The molecule has 0 aliphatic carbocycles. The number of amides is 1. The third kappa shape index (κ3) is 3.02. The van der Waals surface area contributed by atoms with Crippen LogP contribution in [0.2, 0.25) is 0 Å². The van der Waals surface area contributed by atoms with E-state index in [2.05, 4.69) is 10.4 Å². The minimum Gasteiger partial charge on any atom is -0.348 e. The van der Waals surface area contributed by atoms with Gasteiger partial charge in [-0.3, -0.25) is 9.48 Å². The second kappa shape index (κ2) is 5.69. The molecule has 1 N–H and O–H groups in total. The van der Waals surface area contributed by atoms with Gasteiger partial charge in [0.25, 0.3) is 5.91 Å². The van der Waals surface area contributed by atoms with Crippen molar-refractivity contribution in [2.45, 2.75) is 33.9 Å². The second-order valence-corrected chi connectivity index (χ2v) is 4.59. The van der Waals surface area contributed by atoms with Crippen molar-refractivity contribution in [2.75, 3.05) is 0 Å². The molecule has 19 heavy (non-hydrogen) atoms. The van der Waals surface area contributed by atoms with Crippen molar-refractivity contribution in [3.8, 4) is 0 Å². The van der Waals surface area contributed by atoms with Crippen LogP contribution in [-0.4, -0.2) is 15.7 Å². The van der Waals surface area contributed by atoms with Gasteiger partial charge in [0, 0.05) is 30.4 Å². The Balaban J connectivity index is 2.04. The number of aromatic nitrogens is 2. The first-order valence-corrected chi connectivity index (χ1v) is 6.48. The summed E-state index contributed by atoms with van der Waals surface area (Å²) in [5.74, 6) is -0.0400. The molecule has 100 valence electrons. The van der Waals surface area contributed by atoms with E-state index in [4.69, 9.17) is 0 Å². The fourth-order valence-corrected chi connectivity index (χ4v) is 1.99. The van der Waals surface area contributed by atoms with Gasteiger partial charge in [0.1, 0.15) is 0 Å². The van der Waals surface area contributed by atoms with E-state index in [0.717, 1.165) is 28.9 Å². The van der Waals surface area contributed by atoms with E-state index in [9.17, 15) is 4.79 Å². The van der Waals surface area contributed by atoms with Crippen LogP contribution in [0.25, 0.3) is 0 Å². The molecule has 4 heteroatoms. The third-order valence-corrected chi connectivity index (χ3v) is 3.20.